The van der Waals surface area contributed by atoms with Gasteiger partial charge in [0.1, 0.15) is 0 Å². The molecular weight excluding hydrogens is 208 g/mol. The van der Waals surface area contributed by atoms with Gasteiger partial charge in [-0.2, -0.15) is 0 Å². The molecule has 0 aliphatic heterocycles. The fourth-order valence-corrected chi connectivity index (χ4v) is 1.19. The molecule has 0 saturated heterocycles. The molecule has 0 unspecified atom stereocenters. The molecule has 0 aromatic heterocycles. The quantitative estimate of drug-likeness (QED) is 0.436. The molecule has 0 saturated carbocycles. The van der Waals surface area contributed by atoms with Crippen LogP contribution in [-0.2, 0) is 0 Å². The molecule has 0 radical (unpaired) electrons. The Hall–Kier alpha value is -1.91. The maximum absolute atomic E-state index is 10.5. The topological polar surface area (TPSA) is 64.7 Å². The number of hydrogen-bond acceptors (Lipinski definition) is 4. The van der Waals surface area contributed by atoms with Crippen LogP contribution in [-0.4, -0.2) is 10.6 Å². The van der Waals surface area contributed by atoms with E-state index in [1.807, 2.05) is 13.8 Å². The lowest BCUT2D eigenvalue weighted by Gasteiger charge is -2.00. The molecule has 86 valence electrons. The minimum absolute atomic E-state index is 0.000782. The first-order valence-electron chi connectivity index (χ1n) is 5.08. The highest BCUT2D eigenvalue weighted by Crippen LogP contribution is 2.19. The van der Waals surface area contributed by atoms with Gasteiger partial charge in [-0.15, -0.1) is 0 Å². The predicted molar refractivity (Wildman–Crippen MR) is 61.7 cm³/mol. The van der Waals surface area contributed by atoms with E-state index in [1.54, 1.807) is 12.1 Å². The molecule has 1 rings (SSSR count). The number of rotatable bonds is 5. The smallest absolute Gasteiger partial charge is 0.273 e. The van der Waals surface area contributed by atoms with Gasteiger partial charge in [-0.3, -0.25) is 10.1 Å². The minimum Gasteiger partial charge on any atom is -0.357 e. The van der Waals surface area contributed by atoms with Gasteiger partial charge in [-0.25, -0.2) is 0 Å². The highest BCUT2D eigenvalue weighted by Gasteiger charge is 2.06. The van der Waals surface area contributed by atoms with Gasteiger partial charge in [0.05, 0.1) is 16.7 Å². The van der Waals surface area contributed by atoms with Crippen molar-refractivity contribution in [3.05, 3.63) is 34.4 Å². The van der Waals surface area contributed by atoms with Crippen molar-refractivity contribution < 1.29 is 9.76 Å². The maximum atomic E-state index is 10.5. The predicted octanol–water partition coefficient (Wildman–Crippen LogP) is 3.15. The molecule has 16 heavy (non-hydrogen) atoms. The van der Waals surface area contributed by atoms with Crippen molar-refractivity contribution in [3.63, 3.8) is 0 Å². The summed E-state index contributed by atoms with van der Waals surface area (Å²) < 4.78 is 0. The second-order valence-corrected chi connectivity index (χ2v) is 3.42. The van der Waals surface area contributed by atoms with Gasteiger partial charge in [-0.05, 0) is 19.4 Å². The zero-order chi connectivity index (χ0) is 12.0. The van der Waals surface area contributed by atoms with E-state index in [0.29, 0.717) is 5.75 Å². The van der Waals surface area contributed by atoms with E-state index in [-0.39, 0.29) is 5.69 Å². The average molecular weight is 222 g/mol. The van der Waals surface area contributed by atoms with Gasteiger partial charge in [0.15, 0.2) is 5.75 Å². The Morgan fingerprint density at radius 1 is 1.56 bits per heavy atom. The molecule has 0 atom stereocenters. The standard InChI is InChI=1S/C11H14N2O3/c1-3-5-9(2)12-16-11-7-4-6-10(8-11)13(14)15/h4,6-8H,3,5H2,1-2H3/b12-9+. The Morgan fingerprint density at radius 2 is 2.31 bits per heavy atom. The summed E-state index contributed by atoms with van der Waals surface area (Å²) in [6.45, 7) is 3.91. The zero-order valence-electron chi connectivity index (χ0n) is 9.34. The Morgan fingerprint density at radius 3 is 2.94 bits per heavy atom. The van der Waals surface area contributed by atoms with Crippen LogP contribution in [0, 0.1) is 10.1 Å². The van der Waals surface area contributed by atoms with E-state index in [9.17, 15) is 10.1 Å². The third-order valence-corrected chi connectivity index (χ3v) is 1.95. The number of nitro groups is 1. The average Bonchev–Trinajstić information content (AvgIpc) is 2.27. The second kappa shape index (κ2) is 5.85. The molecule has 0 bridgehead atoms. The molecule has 5 heteroatoms. The number of benzene rings is 1. The molecule has 0 amide bonds. The van der Waals surface area contributed by atoms with Crippen molar-refractivity contribution in [2.24, 2.45) is 5.16 Å². The van der Waals surface area contributed by atoms with Crippen molar-refractivity contribution in [3.8, 4) is 5.75 Å². The van der Waals surface area contributed by atoms with E-state index in [2.05, 4.69) is 5.16 Å². The third kappa shape index (κ3) is 3.68. The number of non-ortho nitro benzene ring substituents is 1. The van der Waals surface area contributed by atoms with Crippen molar-refractivity contribution in [2.45, 2.75) is 26.7 Å². The molecule has 1 aromatic carbocycles. The van der Waals surface area contributed by atoms with Crippen LogP contribution in [0.3, 0.4) is 0 Å². The molecule has 0 aliphatic carbocycles. The molecule has 0 heterocycles. The van der Waals surface area contributed by atoms with Crippen LogP contribution < -0.4 is 4.84 Å². The largest absolute Gasteiger partial charge is 0.357 e. The molecule has 1 aromatic rings. The first-order valence-corrected chi connectivity index (χ1v) is 5.08. The van der Waals surface area contributed by atoms with Crippen LogP contribution in [0.1, 0.15) is 26.7 Å². The molecule has 5 nitrogen and oxygen atoms in total. The summed E-state index contributed by atoms with van der Waals surface area (Å²) >= 11 is 0. The van der Waals surface area contributed by atoms with Gasteiger partial charge in [-0.1, -0.05) is 24.6 Å². The molecule has 0 aliphatic rings. The number of oxime groups is 1. The summed E-state index contributed by atoms with van der Waals surface area (Å²) in [6.07, 6.45) is 1.85. The minimum atomic E-state index is -0.463. The fourth-order valence-electron chi connectivity index (χ4n) is 1.19. The summed E-state index contributed by atoms with van der Waals surface area (Å²) in [5, 5.41) is 14.4. The summed E-state index contributed by atoms with van der Waals surface area (Å²) in [4.78, 5) is 15.1. The van der Waals surface area contributed by atoms with Gasteiger partial charge < -0.3 is 4.84 Å². The molecule has 0 fully saturated rings. The van der Waals surface area contributed by atoms with Crippen molar-refractivity contribution >= 4 is 11.4 Å². The van der Waals surface area contributed by atoms with Crippen molar-refractivity contribution in [1.82, 2.24) is 0 Å². The number of nitro benzene ring substituents is 1. The van der Waals surface area contributed by atoms with E-state index >= 15 is 0 Å². The van der Waals surface area contributed by atoms with Crippen LogP contribution in [0.25, 0.3) is 0 Å². The molecule has 0 spiro atoms. The zero-order valence-corrected chi connectivity index (χ0v) is 9.34. The highest BCUT2D eigenvalue weighted by molar-refractivity contribution is 5.81. The summed E-state index contributed by atoms with van der Waals surface area (Å²) in [5.41, 5.74) is 0.870. The summed E-state index contributed by atoms with van der Waals surface area (Å²) in [5.74, 6) is 0.379. The Balaban J connectivity index is 2.71. The summed E-state index contributed by atoms with van der Waals surface area (Å²) in [6, 6.07) is 5.96. The van der Waals surface area contributed by atoms with Gasteiger partial charge in [0.25, 0.3) is 5.69 Å². The third-order valence-electron chi connectivity index (χ3n) is 1.95. The summed E-state index contributed by atoms with van der Waals surface area (Å²) in [7, 11) is 0. The van der Waals surface area contributed by atoms with Crippen LogP contribution in [0.5, 0.6) is 5.75 Å². The normalized spacial score (nSPS) is 11.2. The monoisotopic (exact) mass is 222 g/mol. The first kappa shape index (κ1) is 12.2. The van der Waals surface area contributed by atoms with Crippen LogP contribution in [0.4, 0.5) is 5.69 Å². The van der Waals surface area contributed by atoms with Gasteiger partial charge >= 0.3 is 0 Å². The SMILES string of the molecule is CCC/C(C)=N/Oc1cccc([N+](=O)[O-])c1. The maximum Gasteiger partial charge on any atom is 0.273 e. The first-order chi connectivity index (χ1) is 7.63. The van der Waals surface area contributed by atoms with E-state index in [1.165, 1.54) is 12.1 Å². The lowest BCUT2D eigenvalue weighted by molar-refractivity contribution is -0.384. The highest BCUT2D eigenvalue weighted by atomic mass is 16.6. The molecular formula is C11H14N2O3. The fraction of sp³-hybridized carbons (Fsp3) is 0.364. The van der Waals surface area contributed by atoms with Crippen LogP contribution in [0.15, 0.2) is 29.4 Å². The molecule has 0 N–H and O–H groups in total. The van der Waals surface area contributed by atoms with E-state index in [0.717, 1.165) is 18.6 Å². The van der Waals surface area contributed by atoms with Crippen LogP contribution >= 0.6 is 0 Å². The Kier molecular flexibility index (Phi) is 4.44. The number of hydrogen-bond donors (Lipinski definition) is 0. The van der Waals surface area contributed by atoms with Crippen molar-refractivity contribution in [1.29, 1.82) is 0 Å². The van der Waals surface area contributed by atoms with E-state index in [4.69, 9.17) is 4.84 Å². The lowest BCUT2D eigenvalue weighted by Crippen LogP contribution is -1.95. The number of nitrogens with zero attached hydrogens (tertiary/aromatic N) is 2. The van der Waals surface area contributed by atoms with Crippen molar-refractivity contribution in [2.75, 3.05) is 0 Å². The van der Waals surface area contributed by atoms with Gasteiger partial charge in [0.2, 0.25) is 0 Å². The second-order valence-electron chi connectivity index (χ2n) is 3.42. The van der Waals surface area contributed by atoms with Crippen LogP contribution in [0.2, 0.25) is 0 Å². The Bertz CT molecular complexity index is 402. The van der Waals surface area contributed by atoms with E-state index < -0.39 is 4.92 Å². The Labute approximate surface area is 93.9 Å². The van der Waals surface area contributed by atoms with Gasteiger partial charge in [0, 0.05) is 6.07 Å². The lowest BCUT2D eigenvalue weighted by atomic mass is 10.2.